The van der Waals surface area contributed by atoms with E-state index in [1.165, 1.54) is 38.4 Å². The van der Waals surface area contributed by atoms with Crippen LogP contribution in [-0.2, 0) is 0 Å². The van der Waals surface area contributed by atoms with Gasteiger partial charge in [-0.05, 0) is 18.4 Å². The summed E-state index contributed by atoms with van der Waals surface area (Å²) < 4.78 is 5.78. The van der Waals surface area contributed by atoms with Gasteiger partial charge in [-0.3, -0.25) is 4.79 Å². The van der Waals surface area contributed by atoms with Crippen molar-refractivity contribution in [1.82, 2.24) is 24.8 Å². The summed E-state index contributed by atoms with van der Waals surface area (Å²) in [5, 5.41) is 2.77. The Morgan fingerprint density at radius 3 is 2.38 bits per heavy atom. The lowest BCUT2D eigenvalue weighted by atomic mass is 9.87. The smallest absolute Gasteiger partial charge is 0.322 e. The molecular weight excluding hydrogens is 408 g/mol. The number of hydrogen-bond donors (Lipinski definition) is 1. The third-order valence-corrected chi connectivity index (χ3v) is 6.15. The average Bonchev–Trinajstić information content (AvgIpc) is 2.85. The van der Waals surface area contributed by atoms with Crippen molar-refractivity contribution in [2.24, 2.45) is 5.92 Å². The number of amides is 3. The zero-order valence-corrected chi connectivity index (χ0v) is 18.3. The largest absolute Gasteiger partial charge is 0.478 e. The van der Waals surface area contributed by atoms with Crippen LogP contribution in [0.15, 0.2) is 37.1 Å². The summed E-state index contributed by atoms with van der Waals surface area (Å²) in [6, 6.07) is 3.31. The molecule has 1 saturated heterocycles. The minimum atomic E-state index is -0.219. The van der Waals surface area contributed by atoms with Crippen LogP contribution >= 0.6 is 0 Å². The molecule has 32 heavy (non-hydrogen) atoms. The highest BCUT2D eigenvalue weighted by atomic mass is 16.5. The van der Waals surface area contributed by atoms with Crippen molar-refractivity contribution < 1.29 is 14.3 Å². The molecule has 1 aliphatic heterocycles. The summed E-state index contributed by atoms with van der Waals surface area (Å²) in [6.45, 7) is 2.53. The minimum absolute atomic E-state index is 0.0808. The Bertz CT molecular complexity index is 878. The standard InChI is InChI=1S/C23H30N6O3/c30-22(19-6-7-21(26-14-19)32-13-8-18-4-2-1-3-5-18)28-9-11-29(12-10-28)23(31)27-20-15-24-17-25-16-20/h6-7,14-18H,1-5,8-13H2,(H,27,31). The summed E-state index contributed by atoms with van der Waals surface area (Å²) in [7, 11) is 0. The van der Waals surface area contributed by atoms with E-state index >= 15 is 0 Å². The van der Waals surface area contributed by atoms with E-state index in [4.69, 9.17) is 4.74 Å². The topological polar surface area (TPSA) is 101 Å². The minimum Gasteiger partial charge on any atom is -0.478 e. The van der Waals surface area contributed by atoms with E-state index in [1.54, 1.807) is 40.5 Å². The first kappa shape index (κ1) is 22.0. The molecule has 3 heterocycles. The van der Waals surface area contributed by atoms with E-state index < -0.39 is 0 Å². The maximum absolute atomic E-state index is 12.8. The molecule has 2 fully saturated rings. The Kier molecular flexibility index (Phi) is 7.47. The van der Waals surface area contributed by atoms with Crippen molar-refractivity contribution in [3.63, 3.8) is 0 Å². The zero-order valence-electron chi connectivity index (χ0n) is 18.3. The van der Waals surface area contributed by atoms with Crippen LogP contribution < -0.4 is 10.1 Å². The monoisotopic (exact) mass is 438 g/mol. The number of pyridine rings is 1. The molecular formula is C23H30N6O3. The predicted octanol–water partition coefficient (Wildman–Crippen LogP) is 3.21. The second kappa shape index (κ2) is 10.9. The van der Waals surface area contributed by atoms with Crippen LogP contribution in [0.5, 0.6) is 5.88 Å². The second-order valence-electron chi connectivity index (χ2n) is 8.36. The lowest BCUT2D eigenvalue weighted by molar-refractivity contribution is 0.0671. The number of piperazine rings is 1. The summed E-state index contributed by atoms with van der Waals surface area (Å²) >= 11 is 0. The Balaban J connectivity index is 1.21. The second-order valence-corrected chi connectivity index (χ2v) is 8.36. The first-order valence-electron chi connectivity index (χ1n) is 11.4. The molecule has 0 radical (unpaired) electrons. The lowest BCUT2D eigenvalue weighted by Gasteiger charge is -2.34. The molecule has 4 rings (SSSR count). The van der Waals surface area contributed by atoms with Crippen LogP contribution in [0.25, 0.3) is 0 Å². The third kappa shape index (κ3) is 5.93. The first-order valence-corrected chi connectivity index (χ1v) is 11.4. The van der Waals surface area contributed by atoms with Crippen molar-refractivity contribution in [1.29, 1.82) is 0 Å². The average molecular weight is 439 g/mol. The maximum atomic E-state index is 12.8. The lowest BCUT2D eigenvalue weighted by Crippen LogP contribution is -2.51. The quantitative estimate of drug-likeness (QED) is 0.743. The Morgan fingerprint density at radius 1 is 0.969 bits per heavy atom. The number of nitrogens with one attached hydrogen (secondary N) is 1. The Morgan fingerprint density at radius 2 is 1.69 bits per heavy atom. The molecule has 0 spiro atoms. The molecule has 0 unspecified atom stereocenters. The molecule has 1 saturated carbocycles. The van der Waals surface area contributed by atoms with Crippen LogP contribution in [-0.4, -0.2) is 69.5 Å². The van der Waals surface area contributed by atoms with Gasteiger partial charge in [0.25, 0.3) is 5.91 Å². The van der Waals surface area contributed by atoms with Gasteiger partial charge in [-0.2, -0.15) is 0 Å². The van der Waals surface area contributed by atoms with Gasteiger partial charge >= 0.3 is 6.03 Å². The molecule has 0 aromatic carbocycles. The molecule has 2 aromatic rings. The maximum Gasteiger partial charge on any atom is 0.322 e. The fourth-order valence-corrected chi connectivity index (χ4v) is 4.26. The van der Waals surface area contributed by atoms with Gasteiger partial charge in [0, 0.05) is 38.4 Å². The van der Waals surface area contributed by atoms with Crippen molar-refractivity contribution in [3.8, 4) is 5.88 Å². The highest BCUT2D eigenvalue weighted by molar-refractivity contribution is 5.94. The van der Waals surface area contributed by atoms with Gasteiger partial charge in [0.15, 0.2) is 0 Å². The number of carbonyl (C=O) groups excluding carboxylic acids is 2. The number of aromatic nitrogens is 3. The van der Waals surface area contributed by atoms with E-state index in [9.17, 15) is 9.59 Å². The molecule has 2 aliphatic rings. The third-order valence-electron chi connectivity index (χ3n) is 6.15. The fraction of sp³-hybridized carbons (Fsp3) is 0.522. The number of anilines is 1. The van der Waals surface area contributed by atoms with Gasteiger partial charge in [0.2, 0.25) is 5.88 Å². The summed E-state index contributed by atoms with van der Waals surface area (Å²) in [6.07, 6.45) is 13.8. The molecule has 0 atom stereocenters. The van der Waals surface area contributed by atoms with Gasteiger partial charge in [-0.1, -0.05) is 32.1 Å². The van der Waals surface area contributed by atoms with E-state index in [0.29, 0.717) is 49.9 Å². The molecule has 3 amide bonds. The van der Waals surface area contributed by atoms with Crippen LogP contribution in [0, 0.1) is 5.92 Å². The molecule has 2 aromatic heterocycles. The summed E-state index contributed by atoms with van der Waals surface area (Å²) in [5.41, 5.74) is 1.08. The number of rotatable bonds is 6. The predicted molar refractivity (Wildman–Crippen MR) is 119 cm³/mol. The van der Waals surface area contributed by atoms with Crippen LogP contribution in [0.3, 0.4) is 0 Å². The summed E-state index contributed by atoms with van der Waals surface area (Å²) in [4.78, 5) is 40.7. The van der Waals surface area contributed by atoms with Crippen molar-refractivity contribution in [2.45, 2.75) is 38.5 Å². The van der Waals surface area contributed by atoms with Crippen molar-refractivity contribution in [3.05, 3.63) is 42.6 Å². The van der Waals surface area contributed by atoms with Crippen molar-refractivity contribution in [2.75, 3.05) is 38.1 Å². The van der Waals surface area contributed by atoms with Crippen LogP contribution in [0.1, 0.15) is 48.9 Å². The van der Waals surface area contributed by atoms with Gasteiger partial charge in [-0.15, -0.1) is 0 Å². The van der Waals surface area contributed by atoms with Gasteiger partial charge in [0.05, 0.1) is 30.3 Å². The highest BCUT2D eigenvalue weighted by Gasteiger charge is 2.25. The number of urea groups is 1. The number of carbonyl (C=O) groups is 2. The SMILES string of the molecule is O=C(Nc1cncnc1)N1CCN(C(=O)c2ccc(OCCC3CCCCC3)nc2)CC1. The van der Waals surface area contributed by atoms with Gasteiger partial charge < -0.3 is 19.9 Å². The Hall–Kier alpha value is -3.23. The van der Waals surface area contributed by atoms with E-state index in [0.717, 1.165) is 12.3 Å². The van der Waals surface area contributed by atoms with E-state index in [1.807, 2.05) is 0 Å². The van der Waals surface area contributed by atoms with Gasteiger partial charge in [0.1, 0.15) is 6.33 Å². The highest BCUT2D eigenvalue weighted by Crippen LogP contribution is 2.26. The van der Waals surface area contributed by atoms with Crippen molar-refractivity contribution >= 4 is 17.6 Å². The normalized spacial score (nSPS) is 17.1. The Labute approximate surface area is 188 Å². The van der Waals surface area contributed by atoms with Crippen LogP contribution in [0.2, 0.25) is 0 Å². The fourth-order valence-electron chi connectivity index (χ4n) is 4.26. The van der Waals surface area contributed by atoms with Crippen LogP contribution in [0.4, 0.5) is 10.5 Å². The number of hydrogen-bond acceptors (Lipinski definition) is 6. The molecule has 0 bridgehead atoms. The molecule has 1 aliphatic carbocycles. The molecule has 1 N–H and O–H groups in total. The van der Waals surface area contributed by atoms with E-state index in [2.05, 4.69) is 20.3 Å². The first-order chi connectivity index (χ1) is 15.7. The molecule has 9 heteroatoms. The van der Waals surface area contributed by atoms with E-state index in [-0.39, 0.29) is 11.9 Å². The number of ether oxygens (including phenoxy) is 1. The van der Waals surface area contributed by atoms with Gasteiger partial charge in [-0.25, -0.2) is 19.7 Å². The molecule has 170 valence electrons. The zero-order chi connectivity index (χ0) is 22.2. The summed E-state index contributed by atoms with van der Waals surface area (Å²) in [5.74, 6) is 1.25. The molecule has 9 nitrogen and oxygen atoms in total. The number of nitrogens with zero attached hydrogens (tertiary/aromatic N) is 5.